The largest absolute Gasteiger partial charge is 0.388 e. The molecule has 0 amide bonds. The maximum atomic E-state index is 12.8. The van der Waals surface area contributed by atoms with Gasteiger partial charge < -0.3 is 5.11 Å². The van der Waals surface area contributed by atoms with Crippen molar-refractivity contribution in [2.24, 2.45) is 0 Å². The molecule has 0 spiro atoms. The Bertz CT molecular complexity index is 843. The number of hydrogen-bond acceptors (Lipinski definition) is 5. The van der Waals surface area contributed by atoms with Gasteiger partial charge in [-0.2, -0.15) is 9.40 Å². The fourth-order valence-electron chi connectivity index (χ4n) is 3.55. The molecule has 0 aliphatic carbocycles. The third-order valence-corrected chi connectivity index (χ3v) is 6.94. The Balaban J connectivity index is 1.58. The molecule has 1 aliphatic rings. The molecule has 27 heavy (non-hydrogen) atoms. The second kappa shape index (κ2) is 8.10. The van der Waals surface area contributed by atoms with Crippen LogP contribution in [0, 0.1) is 0 Å². The van der Waals surface area contributed by atoms with Gasteiger partial charge in [0.1, 0.15) is 4.90 Å². The molecule has 1 aliphatic heterocycles. The standard InChI is InChI=1S/C19H28N4O3S/c1-3-22-15-18(13-20-22)27(25,26)23-11-9-19(24,10-12-23)16-21(2)14-17-7-5-4-6-8-17/h4-8,13,15,24H,3,9-12,14,16H2,1-2H3. The van der Waals surface area contributed by atoms with Gasteiger partial charge in [-0.25, -0.2) is 8.42 Å². The topological polar surface area (TPSA) is 78.7 Å². The number of aryl methyl sites for hydroxylation is 1. The van der Waals surface area contributed by atoms with Crippen LogP contribution in [0.5, 0.6) is 0 Å². The highest BCUT2D eigenvalue weighted by atomic mass is 32.2. The molecule has 0 bridgehead atoms. The molecule has 0 unspecified atom stereocenters. The minimum absolute atomic E-state index is 0.219. The fraction of sp³-hybridized carbons (Fsp3) is 0.526. The maximum Gasteiger partial charge on any atom is 0.246 e. The van der Waals surface area contributed by atoms with Crippen LogP contribution in [0.25, 0.3) is 0 Å². The smallest absolute Gasteiger partial charge is 0.246 e. The van der Waals surface area contributed by atoms with Crippen molar-refractivity contribution in [2.45, 2.75) is 43.4 Å². The van der Waals surface area contributed by atoms with Gasteiger partial charge in [-0.3, -0.25) is 9.58 Å². The summed E-state index contributed by atoms with van der Waals surface area (Å²) in [6.07, 6.45) is 3.80. The lowest BCUT2D eigenvalue weighted by molar-refractivity contribution is -0.0293. The van der Waals surface area contributed by atoms with Crippen LogP contribution >= 0.6 is 0 Å². The molecule has 0 radical (unpaired) electrons. The summed E-state index contributed by atoms with van der Waals surface area (Å²) in [5, 5.41) is 15.0. The second-order valence-corrected chi connectivity index (χ2v) is 9.26. The van der Waals surface area contributed by atoms with Gasteiger partial charge in [0.25, 0.3) is 0 Å². The number of hydrogen-bond donors (Lipinski definition) is 1. The van der Waals surface area contributed by atoms with E-state index < -0.39 is 15.6 Å². The van der Waals surface area contributed by atoms with E-state index in [0.29, 0.717) is 39.0 Å². The number of aliphatic hydroxyl groups is 1. The zero-order chi connectivity index (χ0) is 19.5. The number of sulfonamides is 1. The molecule has 2 heterocycles. The molecule has 0 atom stereocenters. The number of nitrogens with zero attached hydrogens (tertiary/aromatic N) is 4. The predicted octanol–water partition coefficient (Wildman–Crippen LogP) is 1.55. The third-order valence-electron chi connectivity index (χ3n) is 5.08. The number of likely N-dealkylation sites (N-methyl/N-ethyl adjacent to an activating group) is 1. The average Bonchev–Trinajstić information content (AvgIpc) is 3.12. The molecular formula is C19H28N4O3S. The van der Waals surface area contributed by atoms with E-state index >= 15 is 0 Å². The Kier molecular flexibility index (Phi) is 6.00. The van der Waals surface area contributed by atoms with Crippen molar-refractivity contribution in [3.63, 3.8) is 0 Å². The first-order valence-corrected chi connectivity index (χ1v) is 10.7. The van der Waals surface area contributed by atoms with Crippen molar-refractivity contribution in [3.05, 3.63) is 48.3 Å². The van der Waals surface area contributed by atoms with Crippen LogP contribution in [-0.2, 0) is 23.1 Å². The van der Waals surface area contributed by atoms with Crippen LogP contribution < -0.4 is 0 Å². The molecule has 1 fully saturated rings. The minimum Gasteiger partial charge on any atom is -0.388 e. The molecule has 1 aromatic carbocycles. The van der Waals surface area contributed by atoms with Crippen LogP contribution in [0.15, 0.2) is 47.6 Å². The van der Waals surface area contributed by atoms with Crippen molar-refractivity contribution >= 4 is 10.0 Å². The number of rotatable bonds is 7. The molecule has 1 saturated heterocycles. The molecule has 2 aromatic rings. The first-order chi connectivity index (χ1) is 12.8. The zero-order valence-electron chi connectivity index (χ0n) is 16.0. The van der Waals surface area contributed by atoms with Crippen LogP contribution in [0.2, 0.25) is 0 Å². The highest BCUT2D eigenvalue weighted by molar-refractivity contribution is 7.89. The lowest BCUT2D eigenvalue weighted by atomic mass is 9.92. The Morgan fingerprint density at radius 2 is 1.89 bits per heavy atom. The van der Waals surface area contributed by atoms with Crippen molar-refractivity contribution in [2.75, 3.05) is 26.7 Å². The quantitative estimate of drug-likeness (QED) is 0.773. The van der Waals surface area contributed by atoms with Gasteiger partial charge in [0.15, 0.2) is 0 Å². The first kappa shape index (κ1) is 20.0. The maximum absolute atomic E-state index is 12.8. The molecule has 0 saturated carbocycles. The lowest BCUT2D eigenvalue weighted by Gasteiger charge is -2.39. The van der Waals surface area contributed by atoms with E-state index in [1.165, 1.54) is 16.1 Å². The summed E-state index contributed by atoms with van der Waals surface area (Å²) in [6, 6.07) is 10.1. The van der Waals surface area contributed by atoms with E-state index in [1.807, 2.05) is 32.2 Å². The Morgan fingerprint density at radius 1 is 1.22 bits per heavy atom. The number of aromatic nitrogens is 2. The third kappa shape index (κ3) is 4.76. The molecule has 7 nitrogen and oxygen atoms in total. The van der Waals surface area contributed by atoms with Gasteiger partial charge in [0.2, 0.25) is 10.0 Å². The minimum atomic E-state index is -3.55. The summed E-state index contributed by atoms with van der Waals surface area (Å²) in [5.41, 5.74) is 0.319. The van der Waals surface area contributed by atoms with Crippen LogP contribution in [-0.4, -0.2) is 64.8 Å². The molecular weight excluding hydrogens is 364 g/mol. The summed E-state index contributed by atoms with van der Waals surface area (Å²) in [4.78, 5) is 2.31. The summed E-state index contributed by atoms with van der Waals surface area (Å²) in [7, 11) is -1.57. The zero-order valence-corrected chi connectivity index (χ0v) is 16.8. The van der Waals surface area contributed by atoms with Gasteiger partial charge in [0, 0.05) is 38.9 Å². The van der Waals surface area contributed by atoms with Gasteiger partial charge in [-0.1, -0.05) is 30.3 Å². The first-order valence-electron chi connectivity index (χ1n) is 9.30. The van der Waals surface area contributed by atoms with E-state index in [9.17, 15) is 13.5 Å². The average molecular weight is 393 g/mol. The Labute approximate surface area is 161 Å². The van der Waals surface area contributed by atoms with Crippen molar-refractivity contribution in [1.82, 2.24) is 19.0 Å². The van der Waals surface area contributed by atoms with Crippen LogP contribution in [0.1, 0.15) is 25.3 Å². The predicted molar refractivity (Wildman–Crippen MR) is 104 cm³/mol. The van der Waals surface area contributed by atoms with Gasteiger partial charge in [-0.05, 0) is 32.4 Å². The van der Waals surface area contributed by atoms with E-state index in [0.717, 1.165) is 6.54 Å². The number of benzene rings is 1. The summed E-state index contributed by atoms with van der Waals surface area (Å²) in [5.74, 6) is 0. The summed E-state index contributed by atoms with van der Waals surface area (Å²) < 4.78 is 28.6. The van der Waals surface area contributed by atoms with Crippen molar-refractivity contribution in [1.29, 1.82) is 0 Å². The highest BCUT2D eigenvalue weighted by Gasteiger charge is 2.38. The molecule has 8 heteroatoms. The molecule has 1 N–H and O–H groups in total. The van der Waals surface area contributed by atoms with Crippen molar-refractivity contribution < 1.29 is 13.5 Å². The molecule has 1 aromatic heterocycles. The van der Waals surface area contributed by atoms with Crippen molar-refractivity contribution in [3.8, 4) is 0 Å². The Hall–Kier alpha value is -1.74. The SMILES string of the molecule is CCn1cc(S(=O)(=O)N2CCC(O)(CN(C)Cc3ccccc3)CC2)cn1. The fourth-order valence-corrected chi connectivity index (χ4v) is 4.95. The monoisotopic (exact) mass is 392 g/mol. The van der Waals surface area contributed by atoms with E-state index in [1.54, 1.807) is 10.9 Å². The van der Waals surface area contributed by atoms with Crippen LogP contribution in [0.3, 0.4) is 0 Å². The molecule has 3 rings (SSSR count). The lowest BCUT2D eigenvalue weighted by Crippen LogP contribution is -2.51. The summed E-state index contributed by atoms with van der Waals surface area (Å²) in [6.45, 7) is 4.44. The highest BCUT2D eigenvalue weighted by Crippen LogP contribution is 2.27. The van der Waals surface area contributed by atoms with E-state index in [-0.39, 0.29) is 4.90 Å². The molecule has 148 valence electrons. The summed E-state index contributed by atoms with van der Waals surface area (Å²) >= 11 is 0. The number of piperidine rings is 1. The van der Waals surface area contributed by atoms with E-state index in [4.69, 9.17) is 0 Å². The van der Waals surface area contributed by atoms with E-state index in [2.05, 4.69) is 22.1 Å². The van der Waals surface area contributed by atoms with Crippen LogP contribution in [0.4, 0.5) is 0 Å². The second-order valence-electron chi connectivity index (χ2n) is 7.32. The van der Waals surface area contributed by atoms with Gasteiger partial charge in [-0.15, -0.1) is 0 Å². The van der Waals surface area contributed by atoms with Gasteiger partial charge >= 0.3 is 0 Å². The van der Waals surface area contributed by atoms with Gasteiger partial charge in [0.05, 0.1) is 11.8 Å². The Morgan fingerprint density at radius 3 is 2.48 bits per heavy atom. The normalized spacial score (nSPS) is 18.1.